The van der Waals surface area contributed by atoms with Crippen LogP contribution in [0, 0.1) is 0 Å². The molecule has 2 heterocycles. The zero-order chi connectivity index (χ0) is 16.8. The molecule has 1 saturated heterocycles. The molecule has 5 nitrogen and oxygen atoms in total. The topological polar surface area (TPSA) is 47.4 Å². The predicted molar refractivity (Wildman–Crippen MR) is 103 cm³/mol. The zero-order valence-electron chi connectivity index (χ0n) is 14.7. The number of piperidine rings is 1. The fourth-order valence-corrected chi connectivity index (χ4v) is 3.03. The number of aryl methyl sites for hydroxylation is 1. The first kappa shape index (κ1) is 19.5. The Morgan fingerprint density at radius 3 is 2.48 bits per heavy atom. The third kappa shape index (κ3) is 5.58. The van der Waals surface area contributed by atoms with Crippen LogP contribution < -0.4 is 10.3 Å². The fraction of sp³-hybridized carbons (Fsp3) is 0.474. The molecule has 0 amide bonds. The molecule has 6 heteroatoms. The number of halogens is 1. The minimum Gasteiger partial charge on any atom is -0.494 e. The van der Waals surface area contributed by atoms with E-state index < -0.39 is 0 Å². The summed E-state index contributed by atoms with van der Waals surface area (Å²) in [5.41, 5.74) is 1.70. The van der Waals surface area contributed by atoms with Crippen LogP contribution in [0.2, 0.25) is 0 Å². The van der Waals surface area contributed by atoms with Gasteiger partial charge in [0.25, 0.3) is 5.56 Å². The molecule has 3 rings (SSSR count). The Balaban J connectivity index is 0.00000225. The zero-order valence-corrected chi connectivity index (χ0v) is 15.5. The van der Waals surface area contributed by atoms with E-state index in [0.29, 0.717) is 0 Å². The molecule has 1 aromatic heterocycles. The first-order valence-electron chi connectivity index (χ1n) is 8.71. The van der Waals surface area contributed by atoms with Gasteiger partial charge in [0.15, 0.2) is 0 Å². The van der Waals surface area contributed by atoms with Crippen LogP contribution in [0.3, 0.4) is 0 Å². The Bertz CT molecular complexity index is 709. The minimum absolute atomic E-state index is 0. The van der Waals surface area contributed by atoms with Gasteiger partial charge < -0.3 is 9.64 Å². The molecule has 136 valence electrons. The van der Waals surface area contributed by atoms with Gasteiger partial charge in [-0.15, -0.1) is 12.4 Å². The second-order valence-corrected chi connectivity index (χ2v) is 6.33. The van der Waals surface area contributed by atoms with E-state index in [1.165, 1.54) is 37.0 Å². The van der Waals surface area contributed by atoms with Gasteiger partial charge in [-0.1, -0.05) is 18.6 Å². The molecule has 2 aromatic rings. The van der Waals surface area contributed by atoms with Crippen LogP contribution in [-0.2, 0) is 7.05 Å². The number of rotatable bonds is 6. The lowest BCUT2D eigenvalue weighted by molar-refractivity contribution is 0.205. The Labute approximate surface area is 155 Å². The molecule has 0 N–H and O–H groups in total. The number of hydrogen-bond donors (Lipinski definition) is 0. The normalized spacial score (nSPS) is 14.8. The number of nitrogens with zero attached hydrogens (tertiary/aromatic N) is 3. The predicted octanol–water partition coefficient (Wildman–Crippen LogP) is 3.12. The number of benzene rings is 1. The summed E-state index contributed by atoms with van der Waals surface area (Å²) < 4.78 is 7.15. The van der Waals surface area contributed by atoms with E-state index in [1.54, 1.807) is 19.3 Å². The Kier molecular flexibility index (Phi) is 7.47. The van der Waals surface area contributed by atoms with Gasteiger partial charge in [0.2, 0.25) is 0 Å². The summed E-state index contributed by atoms with van der Waals surface area (Å²) in [7, 11) is 1.65. The number of ether oxygens (including phenoxy) is 1. The molecule has 1 aliphatic heterocycles. The number of aromatic nitrogens is 2. The fourth-order valence-electron chi connectivity index (χ4n) is 3.03. The molecular formula is C19H26ClN3O2. The molecule has 25 heavy (non-hydrogen) atoms. The van der Waals surface area contributed by atoms with Crippen molar-refractivity contribution >= 4 is 12.4 Å². The van der Waals surface area contributed by atoms with E-state index in [0.717, 1.165) is 36.4 Å². The van der Waals surface area contributed by atoms with Crippen molar-refractivity contribution in [1.29, 1.82) is 0 Å². The first-order valence-corrected chi connectivity index (χ1v) is 8.71. The highest BCUT2D eigenvalue weighted by atomic mass is 35.5. The Morgan fingerprint density at radius 1 is 1.08 bits per heavy atom. The molecule has 0 spiro atoms. The highest BCUT2D eigenvalue weighted by Crippen LogP contribution is 2.20. The quantitative estimate of drug-likeness (QED) is 0.740. The van der Waals surface area contributed by atoms with Crippen LogP contribution in [0.4, 0.5) is 0 Å². The molecule has 1 aromatic carbocycles. The molecule has 0 unspecified atom stereocenters. The summed E-state index contributed by atoms with van der Waals surface area (Å²) in [6, 6.07) is 9.44. The van der Waals surface area contributed by atoms with Gasteiger partial charge in [0, 0.05) is 25.2 Å². The number of likely N-dealkylation sites (tertiary alicyclic amines) is 1. The maximum Gasteiger partial charge on any atom is 0.267 e. The van der Waals surface area contributed by atoms with Gasteiger partial charge in [-0.2, -0.15) is 5.10 Å². The van der Waals surface area contributed by atoms with Crippen LogP contribution in [-0.4, -0.2) is 40.9 Å². The maximum absolute atomic E-state index is 11.7. The lowest BCUT2D eigenvalue weighted by Gasteiger charge is -2.26. The van der Waals surface area contributed by atoms with Crippen molar-refractivity contribution in [3.8, 4) is 16.9 Å². The third-order valence-corrected chi connectivity index (χ3v) is 4.49. The van der Waals surface area contributed by atoms with Crippen LogP contribution in [0.1, 0.15) is 25.7 Å². The van der Waals surface area contributed by atoms with Gasteiger partial charge in [0.05, 0.1) is 12.8 Å². The van der Waals surface area contributed by atoms with Crippen molar-refractivity contribution in [3.63, 3.8) is 0 Å². The lowest BCUT2D eigenvalue weighted by atomic mass is 10.1. The molecule has 0 aliphatic carbocycles. The standard InChI is InChI=1S/C19H25N3O2.ClH/c1-21-19(23)14-17(15-20-21)16-6-8-18(9-7-16)24-13-5-12-22-10-3-2-4-11-22;/h6-9,14-15H,2-5,10-13H2,1H3;1H. The van der Waals surface area contributed by atoms with E-state index in [1.807, 2.05) is 24.3 Å². The van der Waals surface area contributed by atoms with E-state index in [9.17, 15) is 4.79 Å². The summed E-state index contributed by atoms with van der Waals surface area (Å²) in [5, 5.41) is 4.05. The average molecular weight is 364 g/mol. The van der Waals surface area contributed by atoms with E-state index in [2.05, 4.69) is 10.00 Å². The van der Waals surface area contributed by atoms with Crippen LogP contribution in [0.25, 0.3) is 11.1 Å². The summed E-state index contributed by atoms with van der Waals surface area (Å²) in [6.45, 7) is 4.33. The molecule has 1 aliphatic rings. The lowest BCUT2D eigenvalue weighted by Crippen LogP contribution is -2.31. The van der Waals surface area contributed by atoms with Gasteiger partial charge in [0.1, 0.15) is 5.75 Å². The monoisotopic (exact) mass is 363 g/mol. The Hall–Kier alpha value is -1.85. The average Bonchev–Trinajstić information content (AvgIpc) is 2.62. The molecule has 0 bridgehead atoms. The van der Waals surface area contributed by atoms with E-state index in [-0.39, 0.29) is 18.0 Å². The van der Waals surface area contributed by atoms with E-state index in [4.69, 9.17) is 4.74 Å². The van der Waals surface area contributed by atoms with Gasteiger partial charge >= 0.3 is 0 Å². The second-order valence-electron chi connectivity index (χ2n) is 6.33. The Morgan fingerprint density at radius 2 is 1.80 bits per heavy atom. The number of hydrogen-bond acceptors (Lipinski definition) is 4. The largest absolute Gasteiger partial charge is 0.494 e. The third-order valence-electron chi connectivity index (χ3n) is 4.49. The van der Waals surface area contributed by atoms with Gasteiger partial charge in [-0.25, -0.2) is 4.68 Å². The van der Waals surface area contributed by atoms with Crippen molar-refractivity contribution in [2.24, 2.45) is 7.05 Å². The summed E-state index contributed by atoms with van der Waals surface area (Å²) in [4.78, 5) is 14.2. The highest BCUT2D eigenvalue weighted by molar-refractivity contribution is 5.85. The van der Waals surface area contributed by atoms with Crippen molar-refractivity contribution in [2.45, 2.75) is 25.7 Å². The van der Waals surface area contributed by atoms with Crippen molar-refractivity contribution in [1.82, 2.24) is 14.7 Å². The minimum atomic E-state index is -0.106. The first-order chi connectivity index (χ1) is 11.7. The maximum atomic E-state index is 11.7. The van der Waals surface area contributed by atoms with Crippen LogP contribution in [0.15, 0.2) is 41.3 Å². The highest BCUT2D eigenvalue weighted by Gasteiger charge is 2.09. The van der Waals surface area contributed by atoms with Crippen LogP contribution in [0.5, 0.6) is 5.75 Å². The summed E-state index contributed by atoms with van der Waals surface area (Å²) in [5.74, 6) is 0.870. The molecule has 0 saturated carbocycles. The molecule has 0 atom stereocenters. The van der Waals surface area contributed by atoms with Crippen molar-refractivity contribution in [3.05, 3.63) is 46.9 Å². The molecule has 0 radical (unpaired) electrons. The smallest absolute Gasteiger partial charge is 0.267 e. The summed E-state index contributed by atoms with van der Waals surface area (Å²) in [6.07, 6.45) is 6.80. The van der Waals surface area contributed by atoms with Crippen molar-refractivity contribution in [2.75, 3.05) is 26.2 Å². The SMILES string of the molecule is Cl.Cn1ncc(-c2ccc(OCCCN3CCCCC3)cc2)cc1=O. The van der Waals surface area contributed by atoms with Crippen LogP contribution >= 0.6 is 12.4 Å². The molecular weight excluding hydrogens is 338 g/mol. The second kappa shape index (κ2) is 9.59. The van der Waals surface area contributed by atoms with Crippen molar-refractivity contribution < 1.29 is 4.74 Å². The summed E-state index contributed by atoms with van der Waals surface area (Å²) >= 11 is 0. The van der Waals surface area contributed by atoms with Gasteiger partial charge in [-0.3, -0.25) is 4.79 Å². The molecule has 1 fully saturated rings. The van der Waals surface area contributed by atoms with E-state index >= 15 is 0 Å². The van der Waals surface area contributed by atoms with Gasteiger partial charge in [-0.05, 0) is 50.0 Å².